The second-order valence-electron chi connectivity index (χ2n) is 5.58. The predicted octanol–water partition coefficient (Wildman–Crippen LogP) is 4.03. The number of carbonyl (C=O) groups excluding carboxylic acids is 1. The highest BCUT2D eigenvalue weighted by molar-refractivity contribution is 6.42. The first-order valence-corrected chi connectivity index (χ1v) is 8.29. The van der Waals surface area contributed by atoms with Gasteiger partial charge >= 0.3 is 0 Å². The maximum Gasteiger partial charge on any atom is 0.227 e. The molecule has 5 heteroatoms. The lowest BCUT2D eigenvalue weighted by molar-refractivity contribution is -0.136. The first-order valence-electron chi connectivity index (χ1n) is 7.54. The van der Waals surface area contributed by atoms with Crippen LogP contribution in [0.5, 0.6) is 0 Å². The van der Waals surface area contributed by atoms with Gasteiger partial charge in [-0.3, -0.25) is 4.79 Å². The van der Waals surface area contributed by atoms with Gasteiger partial charge in [0.1, 0.15) is 0 Å². The smallest absolute Gasteiger partial charge is 0.227 e. The molecule has 0 saturated carbocycles. The molecule has 2 rings (SSSR count). The van der Waals surface area contributed by atoms with E-state index in [1.54, 1.807) is 6.07 Å². The molecule has 0 radical (unpaired) electrons. The fraction of sp³-hybridized carbons (Fsp3) is 0.562. The van der Waals surface area contributed by atoms with E-state index >= 15 is 0 Å². The van der Waals surface area contributed by atoms with Crippen LogP contribution in [0.15, 0.2) is 18.2 Å². The normalized spacial score (nSPS) is 19.8. The summed E-state index contributed by atoms with van der Waals surface area (Å²) in [6, 6.07) is 5.73. The van der Waals surface area contributed by atoms with Gasteiger partial charge in [0.25, 0.3) is 0 Å². The maximum atomic E-state index is 12.7. The molecule has 2 atom stereocenters. The van der Waals surface area contributed by atoms with Crippen molar-refractivity contribution < 1.29 is 4.79 Å². The number of rotatable bonds is 5. The zero-order valence-electron chi connectivity index (χ0n) is 12.3. The largest absolute Gasteiger partial charge is 0.335 e. The third kappa shape index (κ3) is 3.71. The number of amides is 1. The van der Waals surface area contributed by atoms with Crippen LogP contribution in [-0.4, -0.2) is 23.9 Å². The predicted molar refractivity (Wildman–Crippen MR) is 87.6 cm³/mol. The van der Waals surface area contributed by atoms with Gasteiger partial charge in [-0.2, -0.15) is 0 Å². The van der Waals surface area contributed by atoms with Crippen LogP contribution in [0.4, 0.5) is 0 Å². The van der Waals surface area contributed by atoms with Gasteiger partial charge in [0.15, 0.2) is 0 Å². The Labute approximate surface area is 136 Å². The Bertz CT molecular complexity index is 507. The number of nitrogens with two attached hydrogens (primary N) is 1. The lowest BCUT2D eigenvalue weighted by atomic mass is 9.99. The van der Waals surface area contributed by atoms with Gasteiger partial charge in [0.05, 0.1) is 22.0 Å². The molecule has 2 N–H and O–H groups in total. The molecule has 1 fully saturated rings. The van der Waals surface area contributed by atoms with Crippen molar-refractivity contribution in [2.75, 3.05) is 13.1 Å². The van der Waals surface area contributed by atoms with Crippen molar-refractivity contribution >= 4 is 29.1 Å². The maximum absolute atomic E-state index is 12.7. The summed E-state index contributed by atoms with van der Waals surface area (Å²) >= 11 is 12.1. The number of nitrogens with zero attached hydrogens (tertiary/aromatic N) is 1. The van der Waals surface area contributed by atoms with Crippen LogP contribution in [0.25, 0.3) is 0 Å². The minimum absolute atomic E-state index is 0.0710. The average molecular weight is 329 g/mol. The van der Waals surface area contributed by atoms with E-state index in [9.17, 15) is 4.79 Å². The summed E-state index contributed by atoms with van der Waals surface area (Å²) in [6.45, 7) is 3.29. The van der Waals surface area contributed by atoms with Gasteiger partial charge in [0, 0.05) is 13.1 Å². The Hall–Kier alpha value is -0.770. The first kappa shape index (κ1) is 16.6. The number of likely N-dealkylation sites (tertiary alicyclic amines) is 1. The highest BCUT2D eigenvalue weighted by Crippen LogP contribution is 2.36. The van der Waals surface area contributed by atoms with Crippen molar-refractivity contribution in [3.8, 4) is 0 Å². The topological polar surface area (TPSA) is 46.3 Å². The zero-order chi connectivity index (χ0) is 15.4. The fourth-order valence-corrected chi connectivity index (χ4v) is 3.33. The van der Waals surface area contributed by atoms with Crippen LogP contribution in [-0.2, 0) is 4.79 Å². The summed E-state index contributed by atoms with van der Waals surface area (Å²) in [5.41, 5.74) is 6.83. The van der Waals surface area contributed by atoms with Crippen LogP contribution >= 0.6 is 23.2 Å². The van der Waals surface area contributed by atoms with E-state index in [0.717, 1.165) is 37.8 Å². The van der Waals surface area contributed by atoms with Gasteiger partial charge in [-0.05, 0) is 37.0 Å². The Morgan fingerprint density at radius 1 is 1.43 bits per heavy atom. The Morgan fingerprint density at radius 2 is 2.19 bits per heavy atom. The van der Waals surface area contributed by atoms with Crippen LogP contribution in [0, 0.1) is 5.92 Å². The molecule has 0 bridgehead atoms. The lowest BCUT2D eigenvalue weighted by Gasteiger charge is -2.29. The number of halogens is 2. The summed E-state index contributed by atoms with van der Waals surface area (Å²) in [6.07, 6.45) is 3.80. The second kappa shape index (κ2) is 7.48. The summed E-state index contributed by atoms with van der Waals surface area (Å²) in [5.74, 6) is 0.103. The molecule has 1 heterocycles. The SMILES string of the molecule is CCCC(CN)C(=O)N1CCCC1c1ccc(Cl)c(Cl)c1. The molecule has 21 heavy (non-hydrogen) atoms. The van der Waals surface area contributed by atoms with Crippen molar-refractivity contribution in [1.29, 1.82) is 0 Å². The van der Waals surface area contributed by atoms with E-state index in [4.69, 9.17) is 28.9 Å². The van der Waals surface area contributed by atoms with Crippen molar-refractivity contribution in [2.45, 2.75) is 38.6 Å². The van der Waals surface area contributed by atoms with Gasteiger partial charge in [-0.1, -0.05) is 42.6 Å². The van der Waals surface area contributed by atoms with E-state index in [1.807, 2.05) is 17.0 Å². The van der Waals surface area contributed by atoms with E-state index in [2.05, 4.69) is 6.92 Å². The molecule has 0 aliphatic carbocycles. The molecule has 1 saturated heterocycles. The minimum Gasteiger partial charge on any atom is -0.335 e. The van der Waals surface area contributed by atoms with E-state index in [0.29, 0.717) is 16.6 Å². The summed E-state index contributed by atoms with van der Waals surface area (Å²) in [4.78, 5) is 14.7. The molecule has 2 unspecified atom stereocenters. The molecule has 1 aliphatic heterocycles. The van der Waals surface area contributed by atoms with Crippen molar-refractivity contribution in [3.05, 3.63) is 33.8 Å². The molecule has 1 amide bonds. The standard InChI is InChI=1S/C16H22Cl2N2O/c1-2-4-12(10-19)16(21)20-8-3-5-15(20)11-6-7-13(17)14(18)9-11/h6-7,9,12,15H,2-5,8,10,19H2,1H3. The molecule has 0 spiro atoms. The highest BCUT2D eigenvalue weighted by Gasteiger charge is 2.33. The van der Waals surface area contributed by atoms with Crippen molar-refractivity contribution in [1.82, 2.24) is 4.90 Å². The average Bonchev–Trinajstić information content (AvgIpc) is 2.96. The molecular formula is C16H22Cl2N2O. The van der Waals surface area contributed by atoms with Gasteiger partial charge in [-0.15, -0.1) is 0 Å². The molecule has 1 aliphatic rings. The van der Waals surface area contributed by atoms with E-state index in [-0.39, 0.29) is 17.9 Å². The minimum atomic E-state index is -0.0710. The number of benzene rings is 1. The molecule has 0 aromatic heterocycles. The van der Waals surface area contributed by atoms with Crippen molar-refractivity contribution in [3.63, 3.8) is 0 Å². The Balaban J connectivity index is 2.19. The lowest BCUT2D eigenvalue weighted by Crippen LogP contribution is -2.38. The summed E-state index contributed by atoms with van der Waals surface area (Å²) in [5, 5.41) is 1.08. The fourth-order valence-electron chi connectivity index (χ4n) is 3.02. The molecule has 116 valence electrons. The third-order valence-electron chi connectivity index (χ3n) is 4.14. The molecule has 3 nitrogen and oxygen atoms in total. The van der Waals surface area contributed by atoms with Crippen LogP contribution in [0.3, 0.4) is 0 Å². The Kier molecular flexibility index (Phi) is 5.91. The summed E-state index contributed by atoms with van der Waals surface area (Å²) in [7, 11) is 0. The number of hydrogen-bond acceptors (Lipinski definition) is 2. The van der Waals surface area contributed by atoms with E-state index in [1.165, 1.54) is 0 Å². The van der Waals surface area contributed by atoms with Crippen LogP contribution < -0.4 is 5.73 Å². The summed E-state index contributed by atoms with van der Waals surface area (Å²) < 4.78 is 0. The molecule has 1 aromatic rings. The van der Waals surface area contributed by atoms with Crippen LogP contribution in [0.1, 0.15) is 44.2 Å². The highest BCUT2D eigenvalue weighted by atomic mass is 35.5. The quantitative estimate of drug-likeness (QED) is 0.886. The van der Waals surface area contributed by atoms with Gasteiger partial charge in [0.2, 0.25) is 5.91 Å². The number of hydrogen-bond donors (Lipinski definition) is 1. The monoisotopic (exact) mass is 328 g/mol. The van der Waals surface area contributed by atoms with Crippen LogP contribution in [0.2, 0.25) is 10.0 Å². The van der Waals surface area contributed by atoms with Gasteiger partial charge in [-0.25, -0.2) is 0 Å². The van der Waals surface area contributed by atoms with E-state index < -0.39 is 0 Å². The number of carbonyl (C=O) groups is 1. The second-order valence-corrected chi connectivity index (χ2v) is 6.40. The van der Waals surface area contributed by atoms with Crippen molar-refractivity contribution in [2.24, 2.45) is 11.7 Å². The van der Waals surface area contributed by atoms with Gasteiger partial charge < -0.3 is 10.6 Å². The molecule has 1 aromatic carbocycles. The Morgan fingerprint density at radius 3 is 2.81 bits per heavy atom. The molecular weight excluding hydrogens is 307 g/mol. The first-order chi connectivity index (χ1) is 10.1. The zero-order valence-corrected chi connectivity index (χ0v) is 13.8. The third-order valence-corrected chi connectivity index (χ3v) is 4.87.